The topological polar surface area (TPSA) is 308 Å². The largest absolute Gasteiger partial charge is 0.505 e. The van der Waals surface area contributed by atoms with E-state index in [1.165, 1.54) is 12.4 Å². The Hall–Kier alpha value is -4.59. The monoisotopic (exact) mass is 1680 g/mol. The molecule has 0 saturated carbocycles. The van der Waals surface area contributed by atoms with Crippen molar-refractivity contribution in [2.75, 3.05) is 0 Å². The minimum atomic E-state index is -0.747. The van der Waals surface area contributed by atoms with Gasteiger partial charge in [-0.1, -0.05) is 191 Å². The number of hydrogen-bond acceptors (Lipinski definition) is 15. The molecule has 25 heteroatoms. The summed E-state index contributed by atoms with van der Waals surface area (Å²) in [5.41, 5.74) is 15.0. The number of carbonyl (C=O) groups is 6. The van der Waals surface area contributed by atoms with E-state index in [2.05, 4.69) is 52.0 Å². The minimum absolute atomic E-state index is 0. The van der Waals surface area contributed by atoms with E-state index in [0.717, 1.165) is 74.3 Å². The van der Waals surface area contributed by atoms with E-state index in [4.69, 9.17) is 0 Å². The maximum Gasteiger partial charge on any atom is 0.275 e. The second-order valence-corrected chi connectivity index (χ2v) is 16.8. The molecule has 7 aromatic rings. The molecule has 505 valence electrons. The first-order valence-electron chi connectivity index (χ1n) is 27.9. The van der Waals surface area contributed by atoms with Crippen molar-refractivity contribution < 1.29 is 203 Å². The van der Waals surface area contributed by atoms with Gasteiger partial charge in [0.1, 0.15) is 29.3 Å². The predicted octanol–water partition coefficient (Wildman–Crippen LogP) is 12.6. The van der Waals surface area contributed by atoms with Crippen LogP contribution in [0, 0.1) is 71.8 Å². The number of nitrogens with zero attached hydrogens (tertiary/aromatic N) is 5. The third kappa shape index (κ3) is 34.7. The van der Waals surface area contributed by atoms with Crippen LogP contribution in [-0.2, 0) is 192 Å². The molecule has 3 amide bonds. The van der Waals surface area contributed by atoms with Crippen LogP contribution >= 0.6 is 0 Å². The van der Waals surface area contributed by atoms with Crippen LogP contribution in [-0.4, -0.2) is 84.3 Å². The number of amides is 3. The SMILES string of the molecule is CC.CC.CC.CC.CC.Cc1ccccc1-c1c(O)cn[nH]c1=O.Cc1ccccc1-c1c(O)cn[nH]c1=O.Cc1ccccc1C1C(=O)C=NNC1=O.Cc1ccccc1C1C(=O)C=NNC1=O.Cc1ccccc1C1C(=O)C=NNC1=O.[CH3-].[CH3-].[CH3-].[CH3-].[CH3-].[Y].[Y].[Y].[Y].[Y]. The number of carbonyl (C=O) groups excluding carboxylic acids is 6. The van der Waals surface area contributed by atoms with Gasteiger partial charge in [0.15, 0.2) is 17.3 Å². The fraction of sp³-hybridized carbons (Fsp3) is 0.257. The van der Waals surface area contributed by atoms with Crippen molar-refractivity contribution >= 4 is 53.7 Å². The second kappa shape index (κ2) is 62.9. The van der Waals surface area contributed by atoms with Crippen molar-refractivity contribution in [1.29, 1.82) is 0 Å². The molecular formula is C70H95N10O10Y5-5. The van der Waals surface area contributed by atoms with Gasteiger partial charge in [-0.2, -0.15) is 25.5 Å². The quantitative estimate of drug-likeness (QED) is 0.0625. The Labute approximate surface area is 690 Å². The third-order valence-electron chi connectivity index (χ3n) is 11.7. The maximum atomic E-state index is 11.5. The molecule has 3 aliphatic heterocycles. The summed E-state index contributed by atoms with van der Waals surface area (Å²) in [6.07, 6.45) is 5.90. The molecule has 5 aromatic carbocycles. The Bertz CT molecular complexity index is 3240. The van der Waals surface area contributed by atoms with Crippen LogP contribution in [0.3, 0.4) is 0 Å². The molecule has 5 heterocycles. The van der Waals surface area contributed by atoms with Crippen molar-refractivity contribution in [3.8, 4) is 33.8 Å². The van der Waals surface area contributed by atoms with E-state index in [1.807, 2.05) is 195 Å². The van der Waals surface area contributed by atoms with Gasteiger partial charge >= 0.3 is 0 Å². The van der Waals surface area contributed by atoms with E-state index in [-0.39, 0.29) is 269 Å². The van der Waals surface area contributed by atoms with Gasteiger partial charge in [-0.25, -0.2) is 26.5 Å². The van der Waals surface area contributed by atoms with Crippen LogP contribution in [0.1, 0.15) is 131 Å². The first-order valence-corrected chi connectivity index (χ1v) is 27.9. The number of aromatic hydroxyl groups is 2. The Balaban J connectivity index is -0.000000112. The number of aromatic amines is 2. The molecule has 95 heavy (non-hydrogen) atoms. The molecule has 0 bridgehead atoms. The van der Waals surface area contributed by atoms with Gasteiger partial charge in [0, 0.05) is 164 Å². The third-order valence-corrected chi connectivity index (χ3v) is 11.7. The van der Waals surface area contributed by atoms with Crippen LogP contribution in [0.25, 0.3) is 22.3 Å². The Morgan fingerprint density at radius 1 is 0.326 bits per heavy atom. The van der Waals surface area contributed by atoms with E-state index in [9.17, 15) is 48.6 Å². The maximum absolute atomic E-state index is 11.5. The van der Waals surface area contributed by atoms with Gasteiger partial charge < -0.3 is 47.3 Å². The number of hydrazone groups is 3. The van der Waals surface area contributed by atoms with Crippen molar-refractivity contribution in [3.05, 3.63) is 236 Å². The minimum Gasteiger partial charge on any atom is -0.505 e. The Morgan fingerprint density at radius 2 is 0.537 bits per heavy atom. The van der Waals surface area contributed by atoms with Crippen molar-refractivity contribution in [2.24, 2.45) is 15.3 Å². The van der Waals surface area contributed by atoms with E-state index in [1.54, 1.807) is 30.3 Å². The zero-order valence-electron chi connectivity index (χ0n) is 58.9. The van der Waals surface area contributed by atoms with Gasteiger partial charge in [-0.05, 0) is 90.3 Å². The molecular weight excluding hydrogens is 1590 g/mol. The molecule has 3 unspecified atom stereocenters. The summed E-state index contributed by atoms with van der Waals surface area (Å²) >= 11 is 0. The second-order valence-electron chi connectivity index (χ2n) is 16.8. The number of ketones is 3. The van der Waals surface area contributed by atoms with Crippen LogP contribution in [0.2, 0.25) is 0 Å². The zero-order chi connectivity index (χ0) is 64.2. The fourth-order valence-corrected chi connectivity index (χ4v) is 7.90. The molecule has 20 nitrogen and oxygen atoms in total. The number of rotatable bonds is 5. The smallest absolute Gasteiger partial charge is 0.275 e. The van der Waals surface area contributed by atoms with Gasteiger partial charge in [-0.3, -0.25) is 38.4 Å². The van der Waals surface area contributed by atoms with Gasteiger partial charge in [0.05, 0.1) is 42.2 Å². The van der Waals surface area contributed by atoms with Crippen molar-refractivity contribution in [3.63, 3.8) is 0 Å². The normalized spacial score (nSPS) is 13.1. The van der Waals surface area contributed by atoms with E-state index < -0.39 is 17.8 Å². The number of H-pyrrole nitrogens is 2. The molecule has 0 spiro atoms. The summed E-state index contributed by atoms with van der Waals surface area (Å²) in [5.74, 6) is -4.35. The number of benzene rings is 5. The molecule has 5 radical (unpaired) electrons. The summed E-state index contributed by atoms with van der Waals surface area (Å²) in [6, 6.07) is 36.8. The summed E-state index contributed by atoms with van der Waals surface area (Å²) < 4.78 is 0. The molecule has 2 aromatic heterocycles. The predicted molar refractivity (Wildman–Crippen MR) is 369 cm³/mol. The summed E-state index contributed by atoms with van der Waals surface area (Å²) in [5, 5.41) is 41.2. The van der Waals surface area contributed by atoms with Crippen LogP contribution in [0.4, 0.5) is 0 Å². The first kappa shape index (κ1) is 112. The van der Waals surface area contributed by atoms with Crippen LogP contribution in [0.5, 0.6) is 11.5 Å². The van der Waals surface area contributed by atoms with Gasteiger partial charge in [0.2, 0.25) is 0 Å². The van der Waals surface area contributed by atoms with Crippen LogP contribution in [0.15, 0.2) is 159 Å². The van der Waals surface area contributed by atoms with Crippen molar-refractivity contribution in [1.82, 2.24) is 36.7 Å². The number of aromatic nitrogens is 4. The Kier molecular flexibility index (Phi) is 74.0. The molecule has 3 atom stereocenters. The average Bonchev–Trinajstić information content (AvgIpc) is 1.01. The number of nitrogens with one attached hydrogen (secondary N) is 5. The standard InChI is InChI=1S/5C11H10N2O2.5C2H6.5CH3.5Y/c5*1-7-4-2-3-5-8(7)10-9(14)6-12-13-11(10)15;5*1-2;;;;;;;;;;/h2*2-6H,1H3,(H2,13,14,15);3*2-6,10H,1H3,(H,13,15);5*1-2H3;5*1H3;;;;;/q;;;;;;;;;;5*-1;;;;;. The van der Waals surface area contributed by atoms with Crippen molar-refractivity contribution in [2.45, 2.75) is 122 Å². The van der Waals surface area contributed by atoms with Gasteiger partial charge in [-0.15, -0.1) is 0 Å². The van der Waals surface area contributed by atoms with Gasteiger partial charge in [0.25, 0.3) is 28.8 Å². The molecule has 10 rings (SSSR count). The zero-order valence-corrected chi connectivity index (χ0v) is 73.1. The molecule has 7 N–H and O–H groups in total. The number of aryl methyl sites for hydroxylation is 5. The number of Topliss-reactive ketones (excluding diaryl/α,β-unsaturated/α-hetero) is 3. The fourth-order valence-electron chi connectivity index (χ4n) is 7.90. The van der Waals surface area contributed by atoms with E-state index in [0.29, 0.717) is 0 Å². The average molecular weight is 1680 g/mol. The Morgan fingerprint density at radius 3 is 0.737 bits per heavy atom. The summed E-state index contributed by atoms with van der Waals surface area (Å²) in [4.78, 5) is 92.2. The molecule has 0 aliphatic carbocycles. The molecule has 0 saturated heterocycles. The molecule has 0 fully saturated rings. The number of hydrogen-bond donors (Lipinski definition) is 7. The first-order chi connectivity index (χ1) is 41.0. The van der Waals surface area contributed by atoms with E-state index >= 15 is 0 Å². The summed E-state index contributed by atoms with van der Waals surface area (Å²) in [7, 11) is 0. The van der Waals surface area contributed by atoms with Crippen LogP contribution < -0.4 is 27.4 Å². The molecule has 3 aliphatic rings. The summed E-state index contributed by atoms with van der Waals surface area (Å²) in [6.45, 7) is 29.4.